The summed E-state index contributed by atoms with van der Waals surface area (Å²) in [6.45, 7) is 5.97. The molecule has 1 saturated heterocycles. The molecule has 4 heteroatoms. The van der Waals surface area contributed by atoms with Gasteiger partial charge < -0.3 is 5.11 Å². The first kappa shape index (κ1) is 16.2. The Balaban J connectivity index is 1.91. The summed E-state index contributed by atoms with van der Waals surface area (Å²) in [7, 11) is 0. The Morgan fingerprint density at radius 1 is 1.26 bits per heavy atom. The highest BCUT2D eigenvalue weighted by Crippen LogP contribution is 2.36. The summed E-state index contributed by atoms with van der Waals surface area (Å²) in [6, 6.07) is 11.0. The van der Waals surface area contributed by atoms with Crippen LogP contribution < -0.4 is 0 Å². The van der Waals surface area contributed by atoms with Gasteiger partial charge in [0, 0.05) is 4.88 Å². The molecule has 0 amide bonds. The molecule has 3 nitrogen and oxygen atoms in total. The van der Waals surface area contributed by atoms with Crippen LogP contribution in [-0.2, 0) is 4.79 Å². The van der Waals surface area contributed by atoms with Crippen molar-refractivity contribution in [3.05, 3.63) is 57.3 Å². The molecule has 1 aromatic heterocycles. The zero-order valence-corrected chi connectivity index (χ0v) is 14.5. The smallest absolute Gasteiger partial charge is 0.306 e. The highest BCUT2D eigenvalue weighted by Gasteiger charge is 2.31. The van der Waals surface area contributed by atoms with Crippen molar-refractivity contribution in [2.45, 2.75) is 32.7 Å². The first-order chi connectivity index (χ1) is 11.1. The van der Waals surface area contributed by atoms with Crippen molar-refractivity contribution in [2.75, 3.05) is 13.1 Å². The summed E-state index contributed by atoms with van der Waals surface area (Å²) >= 11 is 1.80. The van der Waals surface area contributed by atoms with Crippen LogP contribution in [0.3, 0.4) is 0 Å². The second-order valence-corrected chi connectivity index (χ2v) is 7.38. The quantitative estimate of drug-likeness (QED) is 0.911. The fraction of sp³-hybridized carbons (Fsp3) is 0.421. The van der Waals surface area contributed by atoms with Crippen LogP contribution in [0.1, 0.15) is 40.5 Å². The lowest BCUT2D eigenvalue weighted by atomic mass is 9.92. The average molecular weight is 329 g/mol. The molecule has 1 aliphatic rings. The maximum absolute atomic E-state index is 11.2. The van der Waals surface area contributed by atoms with E-state index in [0.29, 0.717) is 0 Å². The first-order valence-electron chi connectivity index (χ1n) is 8.13. The number of carboxylic acids is 1. The molecule has 0 saturated carbocycles. The SMILES string of the molecule is Cc1csc(C(c2ccccc2C)N2CCC(C(=O)O)CC2)c1. The number of aliphatic carboxylic acids is 1. The van der Waals surface area contributed by atoms with Gasteiger partial charge in [-0.15, -0.1) is 11.3 Å². The van der Waals surface area contributed by atoms with Crippen LogP contribution in [-0.4, -0.2) is 29.1 Å². The number of piperidine rings is 1. The molecule has 0 radical (unpaired) electrons. The normalized spacial score (nSPS) is 18.0. The molecule has 1 aromatic carbocycles. The number of benzene rings is 1. The van der Waals surface area contributed by atoms with E-state index in [9.17, 15) is 9.90 Å². The summed E-state index contributed by atoms with van der Waals surface area (Å²) < 4.78 is 0. The predicted molar refractivity (Wildman–Crippen MR) is 94.0 cm³/mol. The lowest BCUT2D eigenvalue weighted by Gasteiger charge is -2.37. The largest absolute Gasteiger partial charge is 0.481 e. The molecule has 2 heterocycles. The average Bonchev–Trinajstić information content (AvgIpc) is 2.96. The molecular weight excluding hydrogens is 306 g/mol. The Hall–Kier alpha value is -1.65. The van der Waals surface area contributed by atoms with E-state index in [1.165, 1.54) is 21.6 Å². The molecule has 3 rings (SSSR count). The molecule has 1 fully saturated rings. The molecular formula is C19H23NO2S. The van der Waals surface area contributed by atoms with E-state index in [4.69, 9.17) is 0 Å². The second kappa shape index (κ2) is 6.85. The van der Waals surface area contributed by atoms with Crippen LogP contribution in [0.2, 0.25) is 0 Å². The van der Waals surface area contributed by atoms with E-state index in [0.717, 1.165) is 25.9 Å². The van der Waals surface area contributed by atoms with Gasteiger partial charge >= 0.3 is 5.97 Å². The number of rotatable bonds is 4. The predicted octanol–water partition coefficient (Wildman–Crippen LogP) is 4.25. The monoisotopic (exact) mass is 329 g/mol. The van der Waals surface area contributed by atoms with Crippen molar-refractivity contribution >= 4 is 17.3 Å². The summed E-state index contributed by atoms with van der Waals surface area (Å²) in [5.74, 6) is -0.835. The molecule has 0 spiro atoms. The van der Waals surface area contributed by atoms with Gasteiger partial charge in [-0.05, 0) is 67.9 Å². The van der Waals surface area contributed by atoms with E-state index in [1.807, 2.05) is 0 Å². The van der Waals surface area contributed by atoms with Gasteiger partial charge in [0.25, 0.3) is 0 Å². The molecule has 0 bridgehead atoms. The number of nitrogens with zero attached hydrogens (tertiary/aromatic N) is 1. The van der Waals surface area contributed by atoms with Gasteiger partial charge in [0.15, 0.2) is 0 Å². The summed E-state index contributed by atoms with van der Waals surface area (Å²) in [6.07, 6.45) is 1.48. The van der Waals surface area contributed by atoms with Gasteiger partial charge in [-0.1, -0.05) is 24.3 Å². The summed E-state index contributed by atoms with van der Waals surface area (Å²) in [5.41, 5.74) is 3.93. The van der Waals surface area contributed by atoms with Gasteiger partial charge in [-0.2, -0.15) is 0 Å². The van der Waals surface area contributed by atoms with E-state index in [-0.39, 0.29) is 12.0 Å². The molecule has 1 unspecified atom stereocenters. The number of hydrogen-bond donors (Lipinski definition) is 1. The van der Waals surface area contributed by atoms with Crippen molar-refractivity contribution in [1.29, 1.82) is 0 Å². The third-order valence-corrected chi connectivity index (χ3v) is 5.85. The van der Waals surface area contributed by atoms with Crippen LogP contribution in [0, 0.1) is 19.8 Å². The van der Waals surface area contributed by atoms with Crippen molar-refractivity contribution in [1.82, 2.24) is 4.90 Å². The van der Waals surface area contributed by atoms with Gasteiger partial charge in [0.1, 0.15) is 0 Å². The van der Waals surface area contributed by atoms with Gasteiger partial charge in [-0.3, -0.25) is 9.69 Å². The van der Waals surface area contributed by atoms with Crippen LogP contribution in [0.4, 0.5) is 0 Å². The highest BCUT2D eigenvalue weighted by atomic mass is 32.1. The Kier molecular flexibility index (Phi) is 4.83. The van der Waals surface area contributed by atoms with E-state index >= 15 is 0 Å². The van der Waals surface area contributed by atoms with Gasteiger partial charge in [0.05, 0.1) is 12.0 Å². The number of carbonyl (C=O) groups is 1. The summed E-state index contributed by atoms with van der Waals surface area (Å²) in [4.78, 5) is 15.0. The second-order valence-electron chi connectivity index (χ2n) is 6.43. The number of likely N-dealkylation sites (tertiary alicyclic amines) is 1. The van der Waals surface area contributed by atoms with E-state index < -0.39 is 5.97 Å². The van der Waals surface area contributed by atoms with E-state index in [1.54, 1.807) is 11.3 Å². The number of carboxylic acid groups (broad SMARTS) is 1. The lowest BCUT2D eigenvalue weighted by molar-refractivity contribution is -0.143. The van der Waals surface area contributed by atoms with Crippen molar-refractivity contribution in [3.63, 3.8) is 0 Å². The molecule has 0 aliphatic carbocycles. The van der Waals surface area contributed by atoms with Crippen LogP contribution >= 0.6 is 11.3 Å². The number of thiophene rings is 1. The lowest BCUT2D eigenvalue weighted by Crippen LogP contribution is -2.39. The van der Waals surface area contributed by atoms with Crippen molar-refractivity contribution in [3.8, 4) is 0 Å². The minimum Gasteiger partial charge on any atom is -0.481 e. The third kappa shape index (κ3) is 3.48. The zero-order valence-electron chi connectivity index (χ0n) is 13.7. The Morgan fingerprint density at radius 3 is 2.52 bits per heavy atom. The van der Waals surface area contributed by atoms with Crippen LogP contribution in [0.5, 0.6) is 0 Å². The highest BCUT2D eigenvalue weighted by molar-refractivity contribution is 7.10. The fourth-order valence-electron chi connectivity index (χ4n) is 3.42. The van der Waals surface area contributed by atoms with Crippen molar-refractivity contribution in [2.24, 2.45) is 5.92 Å². The molecule has 1 atom stereocenters. The number of hydrogen-bond acceptors (Lipinski definition) is 3. The Labute approximate surface area is 141 Å². The molecule has 23 heavy (non-hydrogen) atoms. The molecule has 122 valence electrons. The van der Waals surface area contributed by atoms with Gasteiger partial charge in [-0.25, -0.2) is 0 Å². The minimum absolute atomic E-state index is 0.186. The third-order valence-electron chi connectivity index (χ3n) is 4.75. The van der Waals surface area contributed by atoms with E-state index in [2.05, 4.69) is 54.5 Å². The standard InChI is InChI=1S/C19H23NO2S/c1-13-11-17(23-12-13)18(16-6-4-3-5-14(16)2)20-9-7-15(8-10-20)19(21)22/h3-6,11-12,15,18H,7-10H2,1-2H3,(H,21,22). The first-order valence-corrected chi connectivity index (χ1v) is 9.01. The van der Waals surface area contributed by atoms with Gasteiger partial charge in [0.2, 0.25) is 0 Å². The van der Waals surface area contributed by atoms with Crippen molar-refractivity contribution < 1.29 is 9.90 Å². The van der Waals surface area contributed by atoms with Crippen LogP contribution in [0.25, 0.3) is 0 Å². The summed E-state index contributed by atoms with van der Waals surface area (Å²) in [5, 5.41) is 11.4. The molecule has 1 N–H and O–H groups in total. The Morgan fingerprint density at radius 2 is 1.96 bits per heavy atom. The molecule has 1 aliphatic heterocycles. The molecule has 2 aromatic rings. The Bertz CT molecular complexity index is 686. The fourth-order valence-corrected chi connectivity index (χ4v) is 4.47. The van der Waals surface area contributed by atoms with Crippen LogP contribution in [0.15, 0.2) is 35.7 Å². The maximum Gasteiger partial charge on any atom is 0.306 e. The maximum atomic E-state index is 11.2. The number of aryl methyl sites for hydroxylation is 2. The zero-order chi connectivity index (χ0) is 16.4. The minimum atomic E-state index is -0.649. The topological polar surface area (TPSA) is 40.5 Å².